The van der Waals surface area contributed by atoms with E-state index in [0.717, 1.165) is 51.9 Å². The van der Waals surface area contributed by atoms with Crippen LogP contribution in [-0.4, -0.2) is 60.9 Å². The average Bonchev–Trinajstić information content (AvgIpc) is 2.53. The van der Waals surface area contributed by atoms with E-state index in [4.69, 9.17) is 0 Å². The number of nitrogens with zero attached hydrogens (tertiary/aromatic N) is 2. The molecule has 2 heterocycles. The maximum Gasteiger partial charge on any atom is 0.234 e. The van der Waals surface area contributed by atoms with Crippen LogP contribution in [0.2, 0.25) is 0 Å². The summed E-state index contributed by atoms with van der Waals surface area (Å²) >= 11 is 0. The van der Waals surface area contributed by atoms with Crippen molar-refractivity contribution in [2.45, 2.75) is 32.1 Å². The number of nitrogens with one attached hydrogen (secondary N) is 1. The summed E-state index contributed by atoms with van der Waals surface area (Å²) in [5, 5.41) is 2.79. The average molecular weight is 293 g/mol. The van der Waals surface area contributed by atoms with E-state index in [2.05, 4.69) is 16.8 Å². The second kappa shape index (κ2) is 8.17. The molecular weight excluding hydrogens is 266 g/mol. The molecule has 0 saturated carbocycles. The SMILES string of the molecule is C=CCNC(=O)CN1CCCC(C(=O)N2CCCCC2)C1. The van der Waals surface area contributed by atoms with Gasteiger partial charge >= 0.3 is 0 Å². The third-order valence-corrected chi connectivity index (χ3v) is 4.33. The van der Waals surface area contributed by atoms with Gasteiger partial charge in [0.1, 0.15) is 0 Å². The van der Waals surface area contributed by atoms with Crippen molar-refractivity contribution in [1.82, 2.24) is 15.1 Å². The summed E-state index contributed by atoms with van der Waals surface area (Å²) in [6.45, 7) is 7.93. The maximum atomic E-state index is 12.5. The van der Waals surface area contributed by atoms with Gasteiger partial charge in [-0.05, 0) is 38.6 Å². The van der Waals surface area contributed by atoms with Crippen LogP contribution in [-0.2, 0) is 9.59 Å². The fourth-order valence-electron chi connectivity index (χ4n) is 3.22. The zero-order valence-electron chi connectivity index (χ0n) is 12.9. The zero-order valence-corrected chi connectivity index (χ0v) is 12.9. The minimum atomic E-state index is 0.0148. The molecule has 5 nitrogen and oxygen atoms in total. The highest BCUT2D eigenvalue weighted by Crippen LogP contribution is 2.20. The van der Waals surface area contributed by atoms with Crippen LogP contribution >= 0.6 is 0 Å². The molecule has 2 saturated heterocycles. The summed E-state index contributed by atoms with van der Waals surface area (Å²) in [4.78, 5) is 28.4. The first-order chi connectivity index (χ1) is 10.2. The highest BCUT2D eigenvalue weighted by Gasteiger charge is 2.30. The molecule has 1 atom stereocenters. The molecule has 0 aliphatic carbocycles. The van der Waals surface area contributed by atoms with E-state index in [-0.39, 0.29) is 11.8 Å². The lowest BCUT2D eigenvalue weighted by Crippen LogP contribution is -2.48. The van der Waals surface area contributed by atoms with E-state index >= 15 is 0 Å². The Balaban J connectivity index is 1.80. The molecule has 0 aromatic heterocycles. The van der Waals surface area contributed by atoms with Crippen molar-refractivity contribution in [3.8, 4) is 0 Å². The van der Waals surface area contributed by atoms with Crippen LogP contribution in [0.5, 0.6) is 0 Å². The molecule has 21 heavy (non-hydrogen) atoms. The van der Waals surface area contributed by atoms with Gasteiger partial charge in [-0.15, -0.1) is 6.58 Å². The Morgan fingerprint density at radius 1 is 1.14 bits per heavy atom. The van der Waals surface area contributed by atoms with Crippen LogP contribution in [0, 0.1) is 5.92 Å². The van der Waals surface area contributed by atoms with Crippen molar-refractivity contribution in [3.05, 3.63) is 12.7 Å². The van der Waals surface area contributed by atoms with E-state index < -0.39 is 0 Å². The molecule has 1 N–H and O–H groups in total. The van der Waals surface area contributed by atoms with Crippen molar-refractivity contribution < 1.29 is 9.59 Å². The van der Waals surface area contributed by atoms with Gasteiger partial charge in [0.15, 0.2) is 0 Å². The molecule has 2 aliphatic heterocycles. The summed E-state index contributed by atoms with van der Waals surface area (Å²) in [5.41, 5.74) is 0. The Bertz CT molecular complexity index is 378. The van der Waals surface area contributed by atoms with Crippen LogP contribution in [0.1, 0.15) is 32.1 Å². The van der Waals surface area contributed by atoms with Crippen LogP contribution < -0.4 is 5.32 Å². The Hall–Kier alpha value is -1.36. The van der Waals surface area contributed by atoms with Gasteiger partial charge in [0.2, 0.25) is 11.8 Å². The Morgan fingerprint density at radius 3 is 2.62 bits per heavy atom. The lowest BCUT2D eigenvalue weighted by molar-refractivity contribution is -0.139. The van der Waals surface area contributed by atoms with Crippen molar-refractivity contribution in [1.29, 1.82) is 0 Å². The molecule has 2 amide bonds. The van der Waals surface area contributed by atoms with Gasteiger partial charge in [-0.1, -0.05) is 6.08 Å². The van der Waals surface area contributed by atoms with Crippen molar-refractivity contribution >= 4 is 11.8 Å². The van der Waals surface area contributed by atoms with Crippen LogP contribution in [0.15, 0.2) is 12.7 Å². The summed E-state index contributed by atoms with van der Waals surface area (Å²) in [6, 6.07) is 0. The van der Waals surface area contributed by atoms with E-state index in [1.165, 1.54) is 6.42 Å². The number of amides is 2. The molecule has 2 fully saturated rings. The van der Waals surface area contributed by atoms with E-state index in [1.807, 2.05) is 4.90 Å². The molecule has 1 unspecified atom stereocenters. The normalized spacial score (nSPS) is 23.6. The molecule has 0 radical (unpaired) electrons. The first-order valence-corrected chi connectivity index (χ1v) is 8.09. The molecule has 2 aliphatic rings. The Labute approximate surface area is 127 Å². The number of piperidine rings is 2. The van der Waals surface area contributed by atoms with Gasteiger partial charge in [-0.2, -0.15) is 0 Å². The topological polar surface area (TPSA) is 52.7 Å². The van der Waals surface area contributed by atoms with Crippen LogP contribution in [0.3, 0.4) is 0 Å². The minimum Gasteiger partial charge on any atom is -0.352 e. The number of carbonyl (C=O) groups excluding carboxylic acids is 2. The van der Waals surface area contributed by atoms with Gasteiger partial charge in [-0.25, -0.2) is 0 Å². The summed E-state index contributed by atoms with van der Waals surface area (Å²) in [5.74, 6) is 0.385. The number of hydrogen-bond donors (Lipinski definition) is 1. The number of hydrogen-bond acceptors (Lipinski definition) is 3. The molecule has 2 rings (SSSR count). The van der Waals surface area contributed by atoms with E-state index in [0.29, 0.717) is 19.0 Å². The van der Waals surface area contributed by atoms with E-state index in [1.54, 1.807) is 6.08 Å². The van der Waals surface area contributed by atoms with Crippen LogP contribution in [0.25, 0.3) is 0 Å². The fraction of sp³-hybridized carbons (Fsp3) is 0.750. The third-order valence-electron chi connectivity index (χ3n) is 4.33. The van der Waals surface area contributed by atoms with E-state index in [9.17, 15) is 9.59 Å². The van der Waals surface area contributed by atoms with Gasteiger partial charge in [0.25, 0.3) is 0 Å². The first-order valence-electron chi connectivity index (χ1n) is 8.09. The molecule has 0 spiro atoms. The van der Waals surface area contributed by atoms with Gasteiger partial charge in [0, 0.05) is 26.2 Å². The fourth-order valence-corrected chi connectivity index (χ4v) is 3.22. The highest BCUT2D eigenvalue weighted by atomic mass is 16.2. The molecule has 118 valence electrons. The molecule has 5 heteroatoms. The molecule has 0 bridgehead atoms. The van der Waals surface area contributed by atoms with Crippen LogP contribution in [0.4, 0.5) is 0 Å². The van der Waals surface area contributed by atoms with Gasteiger partial charge in [0.05, 0.1) is 12.5 Å². The summed E-state index contributed by atoms with van der Waals surface area (Å²) in [6.07, 6.45) is 7.14. The second-order valence-electron chi connectivity index (χ2n) is 6.05. The number of carbonyl (C=O) groups is 2. The summed E-state index contributed by atoms with van der Waals surface area (Å²) < 4.78 is 0. The monoisotopic (exact) mass is 293 g/mol. The standard InChI is InChI=1S/C16H27N3O2/c1-2-8-17-15(20)13-18-9-6-7-14(12-18)16(21)19-10-4-3-5-11-19/h2,14H,1,3-13H2,(H,17,20). The molecule has 0 aromatic carbocycles. The van der Waals surface area contributed by atoms with Gasteiger partial charge < -0.3 is 10.2 Å². The Morgan fingerprint density at radius 2 is 1.90 bits per heavy atom. The zero-order chi connectivity index (χ0) is 15.1. The molecule has 0 aromatic rings. The third kappa shape index (κ3) is 4.84. The molecular formula is C16H27N3O2. The summed E-state index contributed by atoms with van der Waals surface area (Å²) in [7, 11) is 0. The number of likely N-dealkylation sites (tertiary alicyclic amines) is 2. The Kier molecular flexibility index (Phi) is 6.23. The quantitative estimate of drug-likeness (QED) is 0.770. The predicted octanol–water partition coefficient (Wildman–Crippen LogP) is 1.01. The first kappa shape index (κ1) is 16.0. The highest BCUT2D eigenvalue weighted by molar-refractivity contribution is 5.80. The second-order valence-corrected chi connectivity index (χ2v) is 6.05. The van der Waals surface area contributed by atoms with Gasteiger partial charge in [-0.3, -0.25) is 14.5 Å². The van der Waals surface area contributed by atoms with Crippen molar-refractivity contribution in [2.75, 3.05) is 39.3 Å². The largest absolute Gasteiger partial charge is 0.352 e. The lowest BCUT2D eigenvalue weighted by atomic mass is 9.95. The predicted molar refractivity (Wildman–Crippen MR) is 82.8 cm³/mol. The van der Waals surface area contributed by atoms with Crippen molar-refractivity contribution in [2.24, 2.45) is 5.92 Å². The smallest absolute Gasteiger partial charge is 0.234 e. The maximum absolute atomic E-state index is 12.5. The number of rotatable bonds is 5. The lowest BCUT2D eigenvalue weighted by Gasteiger charge is -2.36. The van der Waals surface area contributed by atoms with Crippen molar-refractivity contribution in [3.63, 3.8) is 0 Å². The minimum absolute atomic E-state index is 0.0148.